The van der Waals surface area contributed by atoms with E-state index in [1.807, 2.05) is 0 Å². The topological polar surface area (TPSA) is 37.4 Å². The average Bonchev–Trinajstić information content (AvgIpc) is 2.40. The number of hydrogen-bond acceptors (Lipinski definition) is 4. The van der Waals surface area contributed by atoms with Crippen LogP contribution in [0.5, 0.6) is 0 Å². The second-order valence-electron chi connectivity index (χ2n) is 5.26. The van der Waals surface area contributed by atoms with Crippen LogP contribution < -0.4 is 10.2 Å². The van der Waals surface area contributed by atoms with E-state index in [0.717, 1.165) is 24.5 Å². The van der Waals surface area contributed by atoms with Gasteiger partial charge in [-0.05, 0) is 25.5 Å². The molecular weight excluding hydrogens is 274 g/mol. The molecule has 0 aliphatic carbocycles. The highest BCUT2D eigenvalue weighted by Gasteiger charge is 2.15. The Morgan fingerprint density at radius 2 is 2.10 bits per heavy atom. The van der Waals surface area contributed by atoms with E-state index in [4.69, 9.17) is 16.3 Å². The van der Waals surface area contributed by atoms with Crippen molar-refractivity contribution < 1.29 is 4.74 Å². The van der Waals surface area contributed by atoms with Gasteiger partial charge in [0.25, 0.3) is 0 Å². The van der Waals surface area contributed by atoms with Gasteiger partial charge in [0.2, 0.25) is 0 Å². The van der Waals surface area contributed by atoms with Gasteiger partial charge in [-0.3, -0.25) is 0 Å². The van der Waals surface area contributed by atoms with Gasteiger partial charge in [-0.2, -0.15) is 0 Å². The zero-order valence-corrected chi connectivity index (χ0v) is 13.9. The molecule has 0 spiro atoms. The van der Waals surface area contributed by atoms with E-state index < -0.39 is 0 Å². The Hall–Kier alpha value is -0.840. The molecule has 20 heavy (non-hydrogen) atoms. The maximum atomic E-state index is 6.22. The van der Waals surface area contributed by atoms with Gasteiger partial charge in [0.1, 0.15) is 5.82 Å². The van der Waals surface area contributed by atoms with Crippen LogP contribution >= 0.6 is 11.6 Å². The van der Waals surface area contributed by atoms with Crippen molar-refractivity contribution in [3.8, 4) is 0 Å². The van der Waals surface area contributed by atoms with Crippen molar-refractivity contribution in [1.82, 2.24) is 10.3 Å². The third-order valence-electron chi connectivity index (χ3n) is 3.20. The van der Waals surface area contributed by atoms with E-state index in [1.54, 1.807) is 13.3 Å². The zero-order valence-electron chi connectivity index (χ0n) is 13.1. The van der Waals surface area contributed by atoms with Gasteiger partial charge in [0.15, 0.2) is 0 Å². The Balaban J connectivity index is 2.91. The molecule has 1 unspecified atom stereocenters. The summed E-state index contributed by atoms with van der Waals surface area (Å²) in [5.41, 5.74) is 1.08. The lowest BCUT2D eigenvalue weighted by Crippen LogP contribution is -2.36. The van der Waals surface area contributed by atoms with Crippen LogP contribution in [0.3, 0.4) is 0 Å². The third-order valence-corrected chi connectivity index (χ3v) is 3.54. The molecule has 0 fully saturated rings. The normalized spacial score (nSPS) is 12.8. The highest BCUT2D eigenvalue weighted by molar-refractivity contribution is 6.31. The SMILES string of the molecule is CCN(c1cc(CNC(C)C)c(Cl)cn1)C(C)COC. The maximum Gasteiger partial charge on any atom is 0.129 e. The lowest BCUT2D eigenvalue weighted by Gasteiger charge is -2.29. The Bertz CT molecular complexity index is 412. The Kier molecular flexibility index (Phi) is 7.27. The van der Waals surface area contributed by atoms with Crippen molar-refractivity contribution in [2.75, 3.05) is 25.2 Å². The third kappa shape index (κ3) is 4.93. The molecule has 1 N–H and O–H groups in total. The second-order valence-corrected chi connectivity index (χ2v) is 5.67. The van der Waals surface area contributed by atoms with E-state index in [1.165, 1.54) is 0 Å². The summed E-state index contributed by atoms with van der Waals surface area (Å²) >= 11 is 6.22. The van der Waals surface area contributed by atoms with E-state index in [0.29, 0.717) is 17.7 Å². The van der Waals surface area contributed by atoms with Crippen LogP contribution in [0.15, 0.2) is 12.3 Å². The van der Waals surface area contributed by atoms with Gasteiger partial charge in [-0.1, -0.05) is 25.4 Å². The summed E-state index contributed by atoms with van der Waals surface area (Å²) < 4.78 is 5.23. The van der Waals surface area contributed by atoms with Gasteiger partial charge in [0, 0.05) is 32.4 Å². The van der Waals surface area contributed by atoms with E-state index in [-0.39, 0.29) is 6.04 Å². The van der Waals surface area contributed by atoms with Gasteiger partial charge < -0.3 is 15.0 Å². The van der Waals surface area contributed by atoms with Crippen LogP contribution in [0, 0.1) is 0 Å². The lowest BCUT2D eigenvalue weighted by atomic mass is 10.2. The molecule has 0 saturated carbocycles. The number of ether oxygens (including phenoxy) is 1. The molecule has 1 rings (SSSR count). The van der Waals surface area contributed by atoms with Crippen molar-refractivity contribution in [2.45, 2.75) is 46.3 Å². The molecule has 5 heteroatoms. The largest absolute Gasteiger partial charge is 0.383 e. The molecule has 1 aromatic heterocycles. The fraction of sp³-hybridized carbons (Fsp3) is 0.667. The number of aromatic nitrogens is 1. The Morgan fingerprint density at radius 3 is 2.65 bits per heavy atom. The minimum atomic E-state index is 0.282. The number of methoxy groups -OCH3 is 1. The number of nitrogens with one attached hydrogen (secondary N) is 1. The highest BCUT2D eigenvalue weighted by atomic mass is 35.5. The first kappa shape index (κ1) is 17.2. The van der Waals surface area contributed by atoms with Gasteiger partial charge >= 0.3 is 0 Å². The Morgan fingerprint density at radius 1 is 1.40 bits per heavy atom. The van der Waals surface area contributed by atoms with E-state index in [2.05, 4.69) is 49.0 Å². The molecule has 0 aliphatic rings. The maximum absolute atomic E-state index is 6.22. The summed E-state index contributed by atoms with van der Waals surface area (Å²) in [4.78, 5) is 6.67. The molecular formula is C15H26ClN3O. The minimum absolute atomic E-state index is 0.282. The first-order valence-electron chi connectivity index (χ1n) is 7.12. The lowest BCUT2D eigenvalue weighted by molar-refractivity contribution is 0.181. The number of likely N-dealkylation sites (N-methyl/N-ethyl adjacent to an activating group) is 1. The number of pyridine rings is 1. The van der Waals surface area contributed by atoms with Gasteiger partial charge in [-0.25, -0.2) is 4.98 Å². The molecule has 1 aromatic rings. The Labute approximate surface area is 127 Å². The van der Waals surface area contributed by atoms with Crippen molar-refractivity contribution in [1.29, 1.82) is 0 Å². The standard InChI is InChI=1S/C15H26ClN3O/c1-6-19(12(4)10-20-5)15-7-13(8-17-11(2)3)14(16)9-18-15/h7,9,11-12,17H,6,8,10H2,1-5H3. The molecule has 1 heterocycles. The summed E-state index contributed by atoms with van der Waals surface area (Å²) in [6.45, 7) is 10.8. The number of nitrogens with zero attached hydrogens (tertiary/aromatic N) is 2. The fourth-order valence-electron chi connectivity index (χ4n) is 2.11. The summed E-state index contributed by atoms with van der Waals surface area (Å²) in [5, 5.41) is 4.09. The number of hydrogen-bond donors (Lipinski definition) is 1. The number of rotatable bonds is 8. The van der Waals surface area contributed by atoms with Crippen LogP contribution in [0.25, 0.3) is 0 Å². The van der Waals surface area contributed by atoms with Crippen molar-refractivity contribution in [3.05, 3.63) is 22.8 Å². The van der Waals surface area contributed by atoms with Crippen LogP contribution in [0.4, 0.5) is 5.82 Å². The molecule has 0 bridgehead atoms. The van der Waals surface area contributed by atoms with Gasteiger partial charge in [-0.15, -0.1) is 0 Å². The first-order chi connectivity index (χ1) is 9.49. The molecule has 0 aromatic carbocycles. The van der Waals surface area contributed by atoms with Crippen LogP contribution in [-0.2, 0) is 11.3 Å². The molecule has 0 radical (unpaired) electrons. The summed E-state index contributed by atoms with van der Waals surface area (Å²) in [7, 11) is 1.72. The average molecular weight is 300 g/mol. The monoisotopic (exact) mass is 299 g/mol. The minimum Gasteiger partial charge on any atom is -0.383 e. The zero-order chi connectivity index (χ0) is 15.1. The van der Waals surface area contributed by atoms with Crippen molar-refractivity contribution >= 4 is 17.4 Å². The second kappa shape index (κ2) is 8.45. The molecule has 0 saturated heterocycles. The number of anilines is 1. The molecule has 114 valence electrons. The summed E-state index contributed by atoms with van der Waals surface area (Å²) in [5.74, 6) is 0.946. The van der Waals surface area contributed by atoms with Crippen LogP contribution in [0.2, 0.25) is 5.02 Å². The summed E-state index contributed by atoms with van der Waals surface area (Å²) in [6.07, 6.45) is 1.73. The predicted octanol–water partition coefficient (Wildman–Crippen LogP) is 3.09. The smallest absolute Gasteiger partial charge is 0.129 e. The fourth-order valence-corrected chi connectivity index (χ4v) is 2.28. The quantitative estimate of drug-likeness (QED) is 0.800. The van der Waals surface area contributed by atoms with Crippen LogP contribution in [0.1, 0.15) is 33.3 Å². The summed E-state index contributed by atoms with van der Waals surface area (Å²) in [6, 6.07) is 2.77. The molecule has 0 aliphatic heterocycles. The van der Waals surface area contributed by atoms with E-state index in [9.17, 15) is 0 Å². The predicted molar refractivity (Wildman–Crippen MR) is 85.6 cm³/mol. The van der Waals surface area contributed by atoms with Gasteiger partial charge in [0.05, 0.1) is 17.7 Å². The highest BCUT2D eigenvalue weighted by Crippen LogP contribution is 2.22. The van der Waals surface area contributed by atoms with Crippen molar-refractivity contribution in [3.63, 3.8) is 0 Å². The number of halogens is 1. The van der Waals surface area contributed by atoms with E-state index >= 15 is 0 Å². The molecule has 0 amide bonds. The van der Waals surface area contributed by atoms with Crippen LogP contribution in [-0.4, -0.2) is 37.3 Å². The molecule has 1 atom stereocenters. The molecule has 4 nitrogen and oxygen atoms in total. The van der Waals surface area contributed by atoms with Crippen molar-refractivity contribution in [2.24, 2.45) is 0 Å². The first-order valence-corrected chi connectivity index (χ1v) is 7.50.